The molecule has 2 N–H and O–H groups in total. The highest BCUT2D eigenvalue weighted by atomic mass is 32.2. The Bertz CT molecular complexity index is 613. The third-order valence-electron chi connectivity index (χ3n) is 4.69. The SMILES string of the molecule is CCCC1(CNS(=O)(=O)c2cc(CO)n(C3CC3)c2)CC1. The summed E-state index contributed by atoms with van der Waals surface area (Å²) in [6, 6.07) is 1.96. The molecule has 2 saturated carbocycles. The predicted octanol–water partition coefficient (Wildman–Crippen LogP) is 2.17. The summed E-state index contributed by atoms with van der Waals surface area (Å²) >= 11 is 0. The molecule has 5 nitrogen and oxygen atoms in total. The number of hydrogen-bond donors (Lipinski definition) is 2. The molecular formula is C15H24N2O3S. The molecule has 1 aromatic rings. The molecule has 2 aliphatic rings. The van der Waals surface area contributed by atoms with Gasteiger partial charge in [0.2, 0.25) is 10.0 Å². The monoisotopic (exact) mass is 312 g/mol. The molecule has 1 heterocycles. The third kappa shape index (κ3) is 3.17. The molecule has 0 atom stereocenters. The summed E-state index contributed by atoms with van der Waals surface area (Å²) in [4.78, 5) is 0.283. The van der Waals surface area contributed by atoms with Gasteiger partial charge in [-0.2, -0.15) is 0 Å². The minimum Gasteiger partial charge on any atom is -0.390 e. The minimum absolute atomic E-state index is 0.119. The molecule has 1 aromatic heterocycles. The Hall–Kier alpha value is -0.850. The number of hydrogen-bond acceptors (Lipinski definition) is 3. The van der Waals surface area contributed by atoms with Crippen LogP contribution < -0.4 is 4.72 Å². The van der Waals surface area contributed by atoms with Gasteiger partial charge in [-0.1, -0.05) is 13.3 Å². The van der Waals surface area contributed by atoms with Crippen molar-refractivity contribution in [1.29, 1.82) is 0 Å². The molecule has 0 amide bonds. The van der Waals surface area contributed by atoms with Gasteiger partial charge in [-0.25, -0.2) is 13.1 Å². The molecule has 21 heavy (non-hydrogen) atoms. The Balaban J connectivity index is 1.72. The van der Waals surface area contributed by atoms with Crippen LogP contribution >= 0.6 is 0 Å². The van der Waals surface area contributed by atoms with E-state index in [1.165, 1.54) is 0 Å². The van der Waals surface area contributed by atoms with Crippen LogP contribution in [0.15, 0.2) is 17.2 Å². The fraction of sp³-hybridized carbons (Fsp3) is 0.733. The highest BCUT2D eigenvalue weighted by Crippen LogP contribution is 2.49. The first kappa shape index (κ1) is 15.1. The van der Waals surface area contributed by atoms with E-state index in [0.717, 1.165) is 38.5 Å². The van der Waals surface area contributed by atoms with Gasteiger partial charge in [-0.3, -0.25) is 0 Å². The maximum atomic E-state index is 12.4. The van der Waals surface area contributed by atoms with Crippen LogP contribution in [-0.4, -0.2) is 24.6 Å². The molecule has 0 bridgehead atoms. The van der Waals surface area contributed by atoms with E-state index < -0.39 is 10.0 Å². The van der Waals surface area contributed by atoms with Gasteiger partial charge in [0, 0.05) is 24.5 Å². The lowest BCUT2D eigenvalue weighted by atomic mass is 10.0. The fourth-order valence-electron chi connectivity index (χ4n) is 3.02. The highest BCUT2D eigenvalue weighted by Gasteiger charge is 2.42. The maximum absolute atomic E-state index is 12.4. The Morgan fingerprint density at radius 2 is 2.14 bits per heavy atom. The molecule has 0 aromatic carbocycles. The van der Waals surface area contributed by atoms with Gasteiger partial charge in [-0.05, 0) is 43.6 Å². The topological polar surface area (TPSA) is 71.3 Å². The van der Waals surface area contributed by atoms with E-state index in [0.29, 0.717) is 18.3 Å². The fourth-order valence-corrected chi connectivity index (χ4v) is 4.22. The number of aliphatic hydroxyl groups excluding tert-OH is 1. The molecular weight excluding hydrogens is 288 g/mol. The summed E-state index contributed by atoms with van der Waals surface area (Å²) in [6.45, 7) is 2.55. The van der Waals surface area contributed by atoms with E-state index >= 15 is 0 Å². The molecule has 0 unspecified atom stereocenters. The Morgan fingerprint density at radius 3 is 2.67 bits per heavy atom. The van der Waals surface area contributed by atoms with Crippen molar-refractivity contribution in [3.05, 3.63) is 18.0 Å². The predicted molar refractivity (Wildman–Crippen MR) is 80.4 cm³/mol. The average molecular weight is 312 g/mol. The summed E-state index contributed by atoms with van der Waals surface area (Å²) in [5.41, 5.74) is 0.883. The van der Waals surface area contributed by atoms with Gasteiger partial charge in [0.1, 0.15) is 0 Å². The highest BCUT2D eigenvalue weighted by molar-refractivity contribution is 7.89. The third-order valence-corrected chi connectivity index (χ3v) is 6.06. The average Bonchev–Trinajstić information content (AvgIpc) is 3.37. The second-order valence-electron chi connectivity index (χ2n) is 6.54. The summed E-state index contributed by atoms with van der Waals surface area (Å²) in [7, 11) is -3.47. The Kier molecular flexibility index (Phi) is 3.88. The van der Waals surface area contributed by atoms with Crippen LogP contribution in [-0.2, 0) is 16.6 Å². The number of nitrogens with zero attached hydrogens (tertiary/aromatic N) is 1. The van der Waals surface area contributed by atoms with Crippen molar-refractivity contribution in [2.75, 3.05) is 6.54 Å². The van der Waals surface area contributed by atoms with Crippen molar-refractivity contribution in [3.63, 3.8) is 0 Å². The van der Waals surface area contributed by atoms with E-state index in [9.17, 15) is 13.5 Å². The van der Waals surface area contributed by atoms with Gasteiger partial charge < -0.3 is 9.67 Å². The number of sulfonamides is 1. The second kappa shape index (κ2) is 5.41. The quantitative estimate of drug-likeness (QED) is 0.773. The van der Waals surface area contributed by atoms with Crippen LogP contribution in [0, 0.1) is 5.41 Å². The molecule has 0 spiro atoms. The van der Waals surface area contributed by atoms with E-state index in [1.54, 1.807) is 12.3 Å². The summed E-state index contributed by atoms with van der Waals surface area (Å²) < 4.78 is 29.5. The van der Waals surface area contributed by atoms with E-state index in [4.69, 9.17) is 0 Å². The lowest BCUT2D eigenvalue weighted by Crippen LogP contribution is -2.30. The smallest absolute Gasteiger partial charge is 0.242 e. The molecule has 3 rings (SSSR count). The van der Waals surface area contributed by atoms with Gasteiger partial charge >= 0.3 is 0 Å². The Morgan fingerprint density at radius 1 is 1.43 bits per heavy atom. The van der Waals surface area contributed by atoms with Gasteiger partial charge in [0.25, 0.3) is 0 Å². The van der Waals surface area contributed by atoms with Crippen LogP contribution in [0.1, 0.15) is 57.2 Å². The normalized spacial score (nSPS) is 20.7. The lowest BCUT2D eigenvalue weighted by molar-refractivity contribution is 0.270. The zero-order chi connectivity index (χ0) is 15.1. The summed E-state index contributed by atoms with van der Waals surface area (Å²) in [6.07, 6.45) is 8.21. The number of nitrogens with one attached hydrogen (secondary N) is 1. The first-order valence-electron chi connectivity index (χ1n) is 7.81. The van der Waals surface area contributed by atoms with Crippen molar-refractivity contribution in [3.8, 4) is 0 Å². The standard InChI is InChI=1S/C15H24N2O3S/c1-2-5-15(6-7-15)11-16-21(19,20)14-8-13(10-18)17(9-14)12-3-4-12/h8-9,12,16,18H,2-7,10-11H2,1H3. The number of aromatic nitrogens is 1. The molecule has 2 fully saturated rings. The lowest BCUT2D eigenvalue weighted by Gasteiger charge is -2.14. The van der Waals surface area contributed by atoms with E-state index in [2.05, 4.69) is 11.6 Å². The van der Waals surface area contributed by atoms with E-state index in [1.807, 2.05) is 4.57 Å². The zero-order valence-corrected chi connectivity index (χ0v) is 13.3. The first-order chi connectivity index (χ1) is 10.00. The zero-order valence-electron chi connectivity index (χ0n) is 12.5. The molecule has 2 aliphatic carbocycles. The van der Waals surface area contributed by atoms with E-state index in [-0.39, 0.29) is 16.9 Å². The van der Waals surface area contributed by atoms with Crippen molar-refractivity contribution in [2.45, 2.75) is 63.0 Å². The van der Waals surface area contributed by atoms with Crippen LogP contribution in [0.2, 0.25) is 0 Å². The number of aliphatic hydroxyl groups is 1. The molecule has 6 heteroatoms. The van der Waals surface area contributed by atoms with Crippen molar-refractivity contribution in [2.24, 2.45) is 5.41 Å². The first-order valence-corrected chi connectivity index (χ1v) is 9.29. The van der Waals surface area contributed by atoms with Crippen molar-refractivity contribution in [1.82, 2.24) is 9.29 Å². The van der Waals surface area contributed by atoms with Gasteiger partial charge in [0.15, 0.2) is 0 Å². The van der Waals surface area contributed by atoms with Crippen LogP contribution in [0.5, 0.6) is 0 Å². The van der Waals surface area contributed by atoms with Crippen molar-refractivity contribution >= 4 is 10.0 Å². The van der Waals surface area contributed by atoms with Gasteiger partial charge in [-0.15, -0.1) is 0 Å². The van der Waals surface area contributed by atoms with Crippen LogP contribution in [0.3, 0.4) is 0 Å². The summed E-state index contributed by atoms with van der Waals surface area (Å²) in [5.74, 6) is 0. The van der Waals surface area contributed by atoms with Crippen LogP contribution in [0.25, 0.3) is 0 Å². The second-order valence-corrected chi connectivity index (χ2v) is 8.31. The molecule has 0 aliphatic heterocycles. The Labute approximate surface area is 126 Å². The van der Waals surface area contributed by atoms with Gasteiger partial charge in [0.05, 0.1) is 11.5 Å². The minimum atomic E-state index is -3.47. The molecule has 118 valence electrons. The largest absolute Gasteiger partial charge is 0.390 e. The maximum Gasteiger partial charge on any atom is 0.242 e. The molecule has 0 saturated heterocycles. The molecule has 0 radical (unpaired) electrons. The number of rotatable bonds is 8. The van der Waals surface area contributed by atoms with Crippen LogP contribution in [0.4, 0.5) is 0 Å². The summed E-state index contributed by atoms with van der Waals surface area (Å²) in [5, 5.41) is 9.38. The van der Waals surface area contributed by atoms with Crippen molar-refractivity contribution < 1.29 is 13.5 Å².